The lowest BCUT2D eigenvalue weighted by atomic mass is 9.81. The zero-order chi connectivity index (χ0) is 44.7. The Balaban J connectivity index is 1.22. The Kier molecular flexibility index (Phi) is 10.9. The second kappa shape index (κ2) is 17.2. The molecule has 0 amide bonds. The van der Waals surface area contributed by atoms with E-state index in [-0.39, 0.29) is 5.41 Å². The van der Waals surface area contributed by atoms with E-state index >= 15 is 0 Å². The summed E-state index contributed by atoms with van der Waals surface area (Å²) in [5, 5.41) is 2.33. The van der Waals surface area contributed by atoms with E-state index in [4.69, 9.17) is 16.6 Å². The topological polar surface area (TPSA) is 29.6 Å². The van der Waals surface area contributed by atoms with Crippen LogP contribution < -0.4 is 0 Å². The quantitative estimate of drug-likeness (QED) is 0.108. The van der Waals surface area contributed by atoms with Crippen molar-refractivity contribution >= 4 is 50.3 Å². The summed E-state index contributed by atoms with van der Waals surface area (Å²) in [6.45, 7) is 15.9. The van der Waals surface area contributed by atoms with Gasteiger partial charge in [-0.3, -0.25) is 4.57 Å². The maximum atomic E-state index is 5.64. The Labute approximate surface area is 383 Å². The lowest BCUT2D eigenvalue weighted by Gasteiger charge is -2.23. The van der Waals surface area contributed by atoms with E-state index in [2.05, 4.69) is 233 Å². The summed E-state index contributed by atoms with van der Waals surface area (Å²) >= 11 is 0. The summed E-state index contributed by atoms with van der Waals surface area (Å²) < 4.78 is 2.27. The van der Waals surface area contributed by atoms with E-state index in [0.29, 0.717) is 11.7 Å². The summed E-state index contributed by atoms with van der Waals surface area (Å²) in [4.78, 5) is 11.2. The Bertz CT molecular complexity index is 3290. The van der Waals surface area contributed by atoms with Crippen molar-refractivity contribution in [2.45, 2.75) is 52.9 Å². The number of aliphatic imine (C=N–C) groups is 2. The van der Waals surface area contributed by atoms with Crippen molar-refractivity contribution in [3.05, 3.63) is 234 Å². The van der Waals surface area contributed by atoms with Crippen LogP contribution in [0.15, 0.2) is 216 Å². The minimum absolute atomic E-state index is 0.190. The minimum Gasteiger partial charge on any atom is -0.278 e. The van der Waals surface area contributed by atoms with Gasteiger partial charge >= 0.3 is 0 Å². The molecule has 65 heavy (non-hydrogen) atoms. The Morgan fingerprint density at radius 1 is 0.615 bits per heavy atom. The maximum Gasteiger partial charge on any atom is 0.235 e. The van der Waals surface area contributed by atoms with Crippen molar-refractivity contribution in [1.82, 2.24) is 4.57 Å². The molecule has 2 aliphatic carbocycles. The summed E-state index contributed by atoms with van der Waals surface area (Å²) in [6.07, 6.45) is 13.1. The van der Waals surface area contributed by atoms with E-state index in [0.717, 1.165) is 73.9 Å². The van der Waals surface area contributed by atoms with E-state index in [1.165, 1.54) is 44.4 Å². The van der Waals surface area contributed by atoms with E-state index in [9.17, 15) is 0 Å². The highest BCUT2D eigenvalue weighted by molar-refractivity contribution is 6.18. The van der Waals surface area contributed by atoms with Gasteiger partial charge in [-0.15, -0.1) is 0 Å². The van der Waals surface area contributed by atoms with Gasteiger partial charge in [0.2, 0.25) is 5.96 Å². The van der Waals surface area contributed by atoms with Crippen molar-refractivity contribution in [2.75, 3.05) is 0 Å². The van der Waals surface area contributed by atoms with Gasteiger partial charge in [0.05, 0.1) is 16.7 Å². The number of fused-ring (bicyclic) bond motifs is 4. The molecule has 1 heterocycles. The molecule has 2 aliphatic rings. The normalized spacial score (nSPS) is 15.0. The molecular weight excluding hydrogens is 787 g/mol. The highest BCUT2D eigenvalue weighted by Crippen LogP contribution is 2.49. The summed E-state index contributed by atoms with van der Waals surface area (Å²) in [6, 6.07) is 58.8. The summed E-state index contributed by atoms with van der Waals surface area (Å²) in [5.74, 6) is 0.561. The lowest BCUT2D eigenvalue weighted by molar-refractivity contribution is 0.654. The molecule has 0 unspecified atom stereocenters. The fraction of sp³-hybridized carbons (Fsp3) is 0.129. The molecule has 0 saturated heterocycles. The smallest absolute Gasteiger partial charge is 0.235 e. The van der Waals surface area contributed by atoms with Crippen molar-refractivity contribution in [3.8, 4) is 33.4 Å². The van der Waals surface area contributed by atoms with Crippen LogP contribution in [0.25, 0.3) is 72.0 Å². The molecule has 8 aromatic rings. The van der Waals surface area contributed by atoms with Gasteiger partial charge in [-0.05, 0) is 161 Å². The number of rotatable bonds is 8. The highest BCUT2D eigenvalue weighted by Gasteiger charge is 2.36. The number of benzene rings is 7. The first-order valence-electron chi connectivity index (χ1n) is 22.8. The maximum absolute atomic E-state index is 5.64. The van der Waals surface area contributed by atoms with Crippen LogP contribution in [0.1, 0.15) is 75.3 Å². The van der Waals surface area contributed by atoms with E-state index < -0.39 is 0 Å². The first kappa shape index (κ1) is 41.4. The molecule has 0 N–H and O–H groups in total. The fourth-order valence-corrected chi connectivity index (χ4v) is 9.89. The summed E-state index contributed by atoms with van der Waals surface area (Å²) in [5.41, 5.74) is 20.0. The molecule has 0 radical (unpaired) electrons. The van der Waals surface area contributed by atoms with Crippen LogP contribution in [0.3, 0.4) is 0 Å². The molecule has 3 nitrogen and oxygen atoms in total. The number of aromatic nitrogens is 1. The SMILES string of the molecule is C=C(N=C(/N=C(\C)c1cc(C2=CC=CCC2)cc(-c2ccccc2)c1)n1c2ccccc2c2cc3c(cc21)C(C)(C)C(/C=C\C)=C3C)c1cc(-c2ccccc2)cc(-c2ccccc2)c1. The third-order valence-electron chi connectivity index (χ3n) is 13.3. The van der Waals surface area contributed by atoms with Crippen LogP contribution in [-0.4, -0.2) is 16.2 Å². The van der Waals surface area contributed by atoms with E-state index in [1.807, 2.05) is 0 Å². The van der Waals surface area contributed by atoms with Gasteiger partial charge in [0.25, 0.3) is 0 Å². The second-order valence-corrected chi connectivity index (χ2v) is 17.8. The van der Waals surface area contributed by atoms with Crippen LogP contribution in [0.4, 0.5) is 0 Å². The average molecular weight is 840 g/mol. The van der Waals surface area contributed by atoms with Crippen molar-refractivity contribution in [2.24, 2.45) is 9.98 Å². The second-order valence-electron chi connectivity index (χ2n) is 17.8. The van der Waals surface area contributed by atoms with Gasteiger partial charge in [0.1, 0.15) is 0 Å². The molecular formula is C62H53N3. The van der Waals surface area contributed by atoms with Crippen molar-refractivity contribution < 1.29 is 0 Å². The zero-order valence-corrected chi connectivity index (χ0v) is 37.9. The fourth-order valence-electron chi connectivity index (χ4n) is 9.89. The molecule has 10 rings (SSSR count). The van der Waals surface area contributed by atoms with Gasteiger partial charge in [0, 0.05) is 27.5 Å². The van der Waals surface area contributed by atoms with Crippen molar-refractivity contribution in [1.29, 1.82) is 0 Å². The van der Waals surface area contributed by atoms with E-state index in [1.54, 1.807) is 0 Å². The molecule has 316 valence electrons. The van der Waals surface area contributed by atoms with Gasteiger partial charge in [-0.25, -0.2) is 9.98 Å². The Morgan fingerprint density at radius 3 is 1.78 bits per heavy atom. The lowest BCUT2D eigenvalue weighted by Crippen LogP contribution is -2.17. The van der Waals surface area contributed by atoms with Gasteiger partial charge < -0.3 is 0 Å². The minimum atomic E-state index is -0.190. The Hall–Kier alpha value is -7.62. The number of para-hydroxylation sites is 1. The standard InChI is InChI=1S/C62H53N3/c1-7-22-57-41(2)55-39-56-54-31-20-21-32-59(54)65(60(56)40-58(55)62(57,5)6)61(63-42(3)48-33-50(44-23-12-8-13-24-44)37-51(34-48)45-25-14-9-15-26-45)64-43(4)49-35-52(46-27-16-10-17-28-46)38-53(36-49)47-29-18-11-19-30-47/h7-18,20-29,31-40H,3,19,30H2,1-2,4-6H3/b22-7-,63-61?,64-43+. The van der Waals surface area contributed by atoms with Crippen molar-refractivity contribution in [3.63, 3.8) is 0 Å². The third-order valence-corrected chi connectivity index (χ3v) is 13.3. The molecule has 1 aromatic heterocycles. The number of hydrogen-bond donors (Lipinski definition) is 0. The molecule has 0 atom stereocenters. The van der Waals surface area contributed by atoms with Crippen LogP contribution in [-0.2, 0) is 5.41 Å². The highest BCUT2D eigenvalue weighted by atomic mass is 15.2. The molecule has 0 aliphatic heterocycles. The number of nitrogens with zero attached hydrogens (tertiary/aromatic N) is 3. The summed E-state index contributed by atoms with van der Waals surface area (Å²) in [7, 11) is 0. The zero-order valence-electron chi connectivity index (χ0n) is 37.9. The van der Waals surface area contributed by atoms with Gasteiger partial charge in [-0.2, -0.15) is 0 Å². The first-order valence-corrected chi connectivity index (χ1v) is 22.8. The number of hydrogen-bond acceptors (Lipinski definition) is 1. The molecule has 0 fully saturated rings. The van der Waals surface area contributed by atoms with Gasteiger partial charge in [0.15, 0.2) is 0 Å². The van der Waals surface area contributed by atoms with Crippen LogP contribution >= 0.6 is 0 Å². The van der Waals surface area contributed by atoms with Crippen LogP contribution in [0.5, 0.6) is 0 Å². The molecule has 0 spiro atoms. The average Bonchev–Trinajstić information content (AvgIpc) is 3.77. The monoisotopic (exact) mass is 839 g/mol. The molecule has 0 saturated carbocycles. The largest absolute Gasteiger partial charge is 0.278 e. The van der Waals surface area contributed by atoms with Crippen LogP contribution in [0, 0.1) is 0 Å². The molecule has 3 heteroatoms. The first-order chi connectivity index (χ1) is 31.7. The Morgan fingerprint density at radius 2 is 1.18 bits per heavy atom. The predicted molar refractivity (Wildman–Crippen MR) is 279 cm³/mol. The third kappa shape index (κ3) is 7.78. The molecule has 7 aromatic carbocycles. The van der Waals surface area contributed by atoms with Crippen LogP contribution in [0.2, 0.25) is 0 Å². The molecule has 0 bridgehead atoms. The predicted octanol–water partition coefficient (Wildman–Crippen LogP) is 16.6. The number of allylic oxidation sites excluding steroid dienone is 8. The van der Waals surface area contributed by atoms with Gasteiger partial charge in [-0.1, -0.05) is 160 Å².